The van der Waals surface area contributed by atoms with E-state index in [1.807, 2.05) is 0 Å². The van der Waals surface area contributed by atoms with Crippen LogP contribution in [0.2, 0.25) is 0 Å². The number of hydrogen-bond donors (Lipinski definition) is 0. The molecule has 574 valence electrons. The van der Waals surface area contributed by atoms with Gasteiger partial charge in [0.25, 0.3) is 6.71 Å². The smallest absolute Gasteiger partial charge is 0.252 e. The summed E-state index contributed by atoms with van der Waals surface area (Å²) in [6.07, 6.45) is 4.69. The van der Waals surface area contributed by atoms with Gasteiger partial charge in [-0.05, 0) is 271 Å². The summed E-state index contributed by atoms with van der Waals surface area (Å²) in [5.74, 6) is 0. The maximum atomic E-state index is 2.67. The lowest BCUT2D eigenvalue weighted by Gasteiger charge is -2.45. The second-order valence-electron chi connectivity index (χ2n) is 41.2. The van der Waals surface area contributed by atoms with E-state index in [0.717, 1.165) is 46.2 Å². The molecule has 0 unspecified atom stereocenters. The molecule has 2 aliphatic heterocycles. The number of rotatable bonds is 8. The van der Waals surface area contributed by atoms with Gasteiger partial charge >= 0.3 is 0 Å². The molecule has 0 saturated heterocycles. The first-order valence-corrected chi connectivity index (χ1v) is 42.4. The molecule has 2 aromatic heterocycles. The zero-order chi connectivity index (χ0) is 80.3. The number of nitrogens with zero attached hydrogens (tertiary/aromatic N) is 4. The minimum Gasteiger partial charge on any atom is -0.311 e. The van der Waals surface area contributed by atoms with Gasteiger partial charge < -0.3 is 18.9 Å². The molecule has 0 fully saturated rings. The molecule has 19 rings (SSSR count). The van der Waals surface area contributed by atoms with Crippen molar-refractivity contribution in [2.75, 3.05) is 9.80 Å². The van der Waals surface area contributed by atoms with Gasteiger partial charge in [-0.15, -0.1) is 0 Å². The fraction of sp³-hybridized carbons (Fsp3) is 0.291. The van der Waals surface area contributed by atoms with Crippen LogP contribution in [0, 0.1) is 0 Å². The first-order chi connectivity index (χ1) is 54.5. The molecule has 0 N–H and O–H groups in total. The molecule has 4 heterocycles. The molecule has 0 bridgehead atoms. The summed E-state index contributed by atoms with van der Waals surface area (Å²) >= 11 is 0. The molecular formula is C110H111BN4. The van der Waals surface area contributed by atoms with E-state index in [1.165, 1.54) is 174 Å². The van der Waals surface area contributed by atoms with E-state index in [4.69, 9.17) is 0 Å². The van der Waals surface area contributed by atoms with Crippen LogP contribution in [0.25, 0.3) is 99.5 Å². The van der Waals surface area contributed by atoms with E-state index < -0.39 is 0 Å². The van der Waals surface area contributed by atoms with E-state index in [1.54, 1.807) is 0 Å². The molecule has 0 saturated carbocycles. The molecule has 4 nitrogen and oxygen atoms in total. The Morgan fingerprint density at radius 2 is 0.626 bits per heavy atom. The van der Waals surface area contributed by atoms with Crippen molar-refractivity contribution in [2.24, 2.45) is 0 Å². The molecule has 115 heavy (non-hydrogen) atoms. The molecule has 4 aliphatic rings. The Balaban J connectivity index is 0.915. The van der Waals surface area contributed by atoms with Crippen LogP contribution in [0.5, 0.6) is 0 Å². The van der Waals surface area contributed by atoms with Crippen molar-refractivity contribution in [3.63, 3.8) is 0 Å². The minimum absolute atomic E-state index is 0.0645. The van der Waals surface area contributed by atoms with Gasteiger partial charge in [-0.25, -0.2) is 0 Å². The van der Waals surface area contributed by atoms with Crippen LogP contribution in [0.3, 0.4) is 0 Å². The number of hydrogen-bond acceptors (Lipinski definition) is 2. The van der Waals surface area contributed by atoms with Gasteiger partial charge in [-0.3, -0.25) is 0 Å². The summed E-state index contributed by atoms with van der Waals surface area (Å²) in [6.45, 7) is 47.6. The van der Waals surface area contributed by atoms with Crippen molar-refractivity contribution < 1.29 is 0 Å². The van der Waals surface area contributed by atoms with Crippen LogP contribution >= 0.6 is 0 Å². The predicted octanol–water partition coefficient (Wildman–Crippen LogP) is 28.5. The van der Waals surface area contributed by atoms with Gasteiger partial charge in [-0.1, -0.05) is 302 Å². The molecule has 15 aromatic rings. The quantitative estimate of drug-likeness (QED) is 0.141. The van der Waals surface area contributed by atoms with Gasteiger partial charge in [0.2, 0.25) is 0 Å². The first kappa shape index (κ1) is 74.2. The van der Waals surface area contributed by atoms with Gasteiger partial charge in [-0.2, -0.15) is 0 Å². The van der Waals surface area contributed by atoms with Crippen molar-refractivity contribution >= 4 is 101 Å². The molecule has 2 aliphatic carbocycles. The van der Waals surface area contributed by atoms with E-state index >= 15 is 0 Å². The van der Waals surface area contributed by atoms with Gasteiger partial charge in [0.05, 0.1) is 27.8 Å². The lowest BCUT2D eigenvalue weighted by atomic mass is 9.33. The second-order valence-corrected chi connectivity index (χ2v) is 41.2. The third-order valence-corrected chi connectivity index (χ3v) is 27.5. The van der Waals surface area contributed by atoms with Gasteiger partial charge in [0.15, 0.2) is 0 Å². The Labute approximate surface area is 684 Å². The minimum atomic E-state index is -0.211. The Bertz CT molecular complexity index is 6390. The summed E-state index contributed by atoms with van der Waals surface area (Å²) in [4.78, 5) is 5.32. The Morgan fingerprint density at radius 3 is 1.14 bits per heavy atom. The average molecular weight is 1500 g/mol. The standard InChI is InChI=1S/C110H111BN4/c1-103(2,3)76-38-50-96-86(63-76)87-64-77(104(4,5)6)39-51-97(87)115(96)83-66-100-102-101(67-83)113(81-42-32-70(33-43-81)73-35-46-89-91(60-73)110(19,20)55-53-108(89,15)16)99-65-82(114-94-29-25-24-28-84(94)85-58-71(36-48-95(85)114)68-26-22-21-23-27-68)44-47-92(99)111(102)93-61-74(75-56-78(105(7,8)9)62-79(57-75)106(10,11)12)37-49-98(93)112(100)80-40-30-69(31-41-80)72-34-45-88-90(59-72)109(17,18)54-52-107(88,13)14/h21-51,56-67H,52-55H2,1-20H3. The second kappa shape index (κ2) is 25.8. The third-order valence-electron chi connectivity index (χ3n) is 27.5. The Kier molecular flexibility index (Phi) is 16.7. The van der Waals surface area contributed by atoms with E-state index in [9.17, 15) is 0 Å². The van der Waals surface area contributed by atoms with Gasteiger partial charge in [0, 0.05) is 61.4 Å². The molecule has 5 heteroatoms. The topological polar surface area (TPSA) is 16.3 Å². The summed E-state index contributed by atoms with van der Waals surface area (Å²) < 4.78 is 5.14. The number of aromatic nitrogens is 2. The lowest BCUT2D eigenvalue weighted by Crippen LogP contribution is -2.61. The Morgan fingerprint density at radius 1 is 0.243 bits per heavy atom. The first-order valence-electron chi connectivity index (χ1n) is 42.4. The number of benzene rings is 13. The molecule has 0 spiro atoms. The summed E-state index contributed by atoms with van der Waals surface area (Å²) in [7, 11) is 0. The van der Waals surface area contributed by atoms with Crippen LogP contribution in [0.1, 0.15) is 209 Å². The van der Waals surface area contributed by atoms with Crippen molar-refractivity contribution in [1.29, 1.82) is 0 Å². The van der Waals surface area contributed by atoms with Crippen LogP contribution in [0.15, 0.2) is 261 Å². The highest BCUT2D eigenvalue weighted by Crippen LogP contribution is 2.53. The lowest BCUT2D eigenvalue weighted by molar-refractivity contribution is 0.332. The van der Waals surface area contributed by atoms with Crippen LogP contribution in [-0.2, 0) is 43.3 Å². The summed E-state index contributed by atoms with van der Waals surface area (Å²) in [5, 5.41) is 4.99. The van der Waals surface area contributed by atoms with Crippen molar-refractivity contribution in [2.45, 2.75) is 207 Å². The van der Waals surface area contributed by atoms with E-state index in [-0.39, 0.29) is 50.0 Å². The highest BCUT2D eigenvalue weighted by molar-refractivity contribution is 7.00. The highest BCUT2D eigenvalue weighted by Gasteiger charge is 2.46. The molecule has 0 atom stereocenters. The highest BCUT2D eigenvalue weighted by atomic mass is 15.2. The fourth-order valence-corrected chi connectivity index (χ4v) is 20.1. The fourth-order valence-electron chi connectivity index (χ4n) is 20.1. The molecule has 13 aromatic carbocycles. The van der Waals surface area contributed by atoms with Crippen molar-refractivity contribution in [3.05, 3.63) is 305 Å². The number of fused-ring (bicyclic) bond motifs is 12. The largest absolute Gasteiger partial charge is 0.311 e. The predicted molar refractivity (Wildman–Crippen MR) is 496 cm³/mol. The van der Waals surface area contributed by atoms with E-state index in [0.29, 0.717) is 0 Å². The van der Waals surface area contributed by atoms with Crippen LogP contribution in [0.4, 0.5) is 34.1 Å². The molecular weight excluding hydrogens is 1390 g/mol. The monoisotopic (exact) mass is 1500 g/mol. The summed E-state index contributed by atoms with van der Waals surface area (Å²) in [5.41, 5.74) is 38.7. The normalized spacial score (nSPS) is 16.1. The molecule has 0 radical (unpaired) electrons. The van der Waals surface area contributed by atoms with Crippen molar-refractivity contribution in [1.82, 2.24) is 9.13 Å². The van der Waals surface area contributed by atoms with Crippen molar-refractivity contribution in [3.8, 4) is 55.9 Å². The summed E-state index contributed by atoms with van der Waals surface area (Å²) in [6, 6.07) is 103. The Hall–Kier alpha value is -10.9. The van der Waals surface area contributed by atoms with Crippen LogP contribution < -0.4 is 26.2 Å². The van der Waals surface area contributed by atoms with Gasteiger partial charge in [0.1, 0.15) is 0 Å². The maximum Gasteiger partial charge on any atom is 0.252 e. The number of para-hydroxylation sites is 1. The van der Waals surface area contributed by atoms with Crippen LogP contribution in [-0.4, -0.2) is 15.8 Å². The average Bonchev–Trinajstić information content (AvgIpc) is 1.51. The third kappa shape index (κ3) is 12.3. The SMILES string of the molecule is CC(C)(C)c1cc(-c2ccc3c(c2)B2c4ccc(-n5c6ccccc6c6cc(-c7ccccc7)ccc65)cc4N(c4ccc(-c5ccc6c(c5)C(C)(C)CCC6(C)C)cc4)c4cc(-n5c6ccc(C(C)(C)C)cc6c6cc(C(C)(C)C)ccc65)cc(c42)N3c2ccc(-c3ccc4c(c3)C(C)(C)CCC4(C)C)cc2)cc(C(C)(C)C)c1. The molecule has 0 amide bonds. The van der Waals surface area contributed by atoms with E-state index in [2.05, 4.69) is 418 Å². The maximum absolute atomic E-state index is 2.67. The number of anilines is 6. The zero-order valence-corrected chi connectivity index (χ0v) is 71.5. The zero-order valence-electron chi connectivity index (χ0n) is 71.5.